The molecular weight excluding hydrogens is 174 g/mol. The predicted molar refractivity (Wildman–Crippen MR) is 36.6 cm³/mol. The summed E-state index contributed by atoms with van der Waals surface area (Å²) in [4.78, 5) is 26.3. The fraction of sp³-hybridized carbons (Fsp3) is 0. The number of nitrogens with two attached hydrogens (primary N) is 3. The molecule has 0 bridgehead atoms. The summed E-state index contributed by atoms with van der Waals surface area (Å²) < 4.78 is 0. The van der Waals surface area contributed by atoms with Gasteiger partial charge in [-0.1, -0.05) is 0 Å². The number of hydrogen-bond donors (Lipinski definition) is 6. The molecule has 0 aromatic rings. The van der Waals surface area contributed by atoms with E-state index in [2.05, 4.69) is 17.2 Å². The Morgan fingerprint density at radius 2 is 0.667 bits per heavy atom. The highest BCUT2D eigenvalue weighted by atomic mass is 16.4. The first-order valence-electron chi connectivity index (χ1n) is 2.15. The van der Waals surface area contributed by atoms with Crippen LogP contribution in [0, 0.1) is 0 Å². The SMILES string of the molecule is NC(=O)O.NC(=O)O.NC(=O)O. The summed E-state index contributed by atoms with van der Waals surface area (Å²) in [5.74, 6) is 0. The minimum absolute atomic E-state index is 1.33. The van der Waals surface area contributed by atoms with Crippen molar-refractivity contribution in [3.8, 4) is 0 Å². The highest BCUT2D eigenvalue weighted by molar-refractivity contribution is 5.62. The summed E-state index contributed by atoms with van der Waals surface area (Å²) in [7, 11) is 0. The molecule has 0 unspecified atom stereocenters. The third-order valence-electron chi connectivity index (χ3n) is 0. The van der Waals surface area contributed by atoms with Gasteiger partial charge in [0.25, 0.3) is 0 Å². The maximum atomic E-state index is 8.78. The molecule has 0 saturated heterocycles. The largest absolute Gasteiger partial charge is 0.465 e. The Labute approximate surface area is 66.4 Å². The molecule has 0 spiro atoms. The van der Waals surface area contributed by atoms with Crippen LogP contribution in [0.1, 0.15) is 0 Å². The minimum Gasteiger partial charge on any atom is -0.465 e. The van der Waals surface area contributed by atoms with Gasteiger partial charge in [0.15, 0.2) is 0 Å². The second kappa shape index (κ2) is 11.6. The van der Waals surface area contributed by atoms with Crippen molar-refractivity contribution in [3.05, 3.63) is 0 Å². The van der Waals surface area contributed by atoms with Crippen LogP contribution in [0.4, 0.5) is 14.4 Å². The molecular formula is C3H9N3O6. The van der Waals surface area contributed by atoms with Crippen LogP contribution in [-0.2, 0) is 0 Å². The van der Waals surface area contributed by atoms with E-state index in [0.717, 1.165) is 0 Å². The molecule has 9 N–H and O–H groups in total. The molecule has 3 amide bonds. The molecule has 0 aromatic heterocycles. The molecule has 0 heterocycles. The van der Waals surface area contributed by atoms with Crippen molar-refractivity contribution in [2.24, 2.45) is 17.2 Å². The van der Waals surface area contributed by atoms with Crippen molar-refractivity contribution in [1.29, 1.82) is 0 Å². The topological polar surface area (TPSA) is 190 Å². The molecule has 0 aliphatic rings. The number of hydrogen-bond acceptors (Lipinski definition) is 3. The van der Waals surface area contributed by atoms with Gasteiger partial charge in [-0.3, -0.25) is 0 Å². The van der Waals surface area contributed by atoms with Crippen molar-refractivity contribution in [2.45, 2.75) is 0 Å². The van der Waals surface area contributed by atoms with Gasteiger partial charge in [-0.15, -0.1) is 0 Å². The van der Waals surface area contributed by atoms with Gasteiger partial charge in [-0.25, -0.2) is 14.4 Å². The fourth-order valence-corrected chi connectivity index (χ4v) is 0. The van der Waals surface area contributed by atoms with Crippen molar-refractivity contribution >= 4 is 18.3 Å². The van der Waals surface area contributed by atoms with E-state index in [1.54, 1.807) is 0 Å². The maximum Gasteiger partial charge on any atom is 0.402 e. The molecule has 72 valence electrons. The molecule has 0 aliphatic heterocycles. The molecule has 0 aliphatic carbocycles. The van der Waals surface area contributed by atoms with E-state index in [0.29, 0.717) is 0 Å². The van der Waals surface area contributed by atoms with Gasteiger partial charge in [0, 0.05) is 0 Å². The molecule has 12 heavy (non-hydrogen) atoms. The normalized spacial score (nSPS) is 6.00. The Kier molecular flexibility index (Phi) is 15.9. The van der Waals surface area contributed by atoms with Crippen molar-refractivity contribution in [2.75, 3.05) is 0 Å². The average molecular weight is 183 g/mol. The quantitative estimate of drug-likeness (QED) is 0.275. The Hall–Kier alpha value is -2.19. The lowest BCUT2D eigenvalue weighted by Crippen LogP contribution is -2.03. The zero-order valence-electron chi connectivity index (χ0n) is 5.80. The predicted octanol–water partition coefficient (Wildman–Crippen LogP) is -1.13. The molecule has 0 aromatic carbocycles. The Morgan fingerprint density at radius 1 is 0.667 bits per heavy atom. The van der Waals surface area contributed by atoms with E-state index in [9.17, 15) is 0 Å². The summed E-state index contributed by atoms with van der Waals surface area (Å²) in [5.41, 5.74) is 12.1. The molecule has 9 heteroatoms. The summed E-state index contributed by atoms with van der Waals surface area (Å²) >= 11 is 0. The molecule has 0 atom stereocenters. The van der Waals surface area contributed by atoms with Gasteiger partial charge >= 0.3 is 18.3 Å². The first-order valence-corrected chi connectivity index (χ1v) is 2.15. The van der Waals surface area contributed by atoms with E-state index >= 15 is 0 Å². The van der Waals surface area contributed by atoms with Crippen molar-refractivity contribution in [3.63, 3.8) is 0 Å². The van der Waals surface area contributed by atoms with Crippen LogP contribution in [0.3, 0.4) is 0 Å². The van der Waals surface area contributed by atoms with E-state index in [-0.39, 0.29) is 0 Å². The number of amides is 3. The Bertz CT molecular complexity index is 116. The average Bonchev–Trinajstić information content (AvgIpc) is 1.54. The Balaban J connectivity index is -0.000000101. The molecule has 0 radical (unpaired) electrons. The standard InChI is InChI=1S/3CH3NO2/c3*2-1(3)4/h3*2H2,(H,3,4). The zero-order valence-corrected chi connectivity index (χ0v) is 5.80. The number of carboxylic acid groups (broad SMARTS) is 3. The lowest BCUT2D eigenvalue weighted by Gasteiger charge is -1.61. The second-order valence-electron chi connectivity index (χ2n) is 1.01. The highest BCUT2D eigenvalue weighted by Crippen LogP contribution is 1.35. The molecule has 0 saturated carbocycles. The van der Waals surface area contributed by atoms with Gasteiger partial charge in [-0.2, -0.15) is 0 Å². The summed E-state index contributed by atoms with van der Waals surface area (Å²) in [5, 5.41) is 21.6. The van der Waals surface area contributed by atoms with Crippen LogP contribution in [0.15, 0.2) is 0 Å². The Morgan fingerprint density at radius 3 is 0.667 bits per heavy atom. The molecule has 9 nitrogen and oxygen atoms in total. The highest BCUT2D eigenvalue weighted by Gasteiger charge is 1.65. The maximum absolute atomic E-state index is 8.78. The summed E-state index contributed by atoms with van der Waals surface area (Å²) in [6, 6.07) is 0. The van der Waals surface area contributed by atoms with E-state index < -0.39 is 18.3 Å². The summed E-state index contributed by atoms with van der Waals surface area (Å²) in [6.45, 7) is 0. The monoisotopic (exact) mass is 183 g/mol. The van der Waals surface area contributed by atoms with Gasteiger partial charge in [0.2, 0.25) is 0 Å². The lowest BCUT2D eigenvalue weighted by atomic mass is 11.3. The number of rotatable bonds is 0. The van der Waals surface area contributed by atoms with Crippen LogP contribution < -0.4 is 17.2 Å². The number of carbonyl (C=O) groups is 3. The van der Waals surface area contributed by atoms with Gasteiger partial charge in [-0.05, 0) is 0 Å². The number of primary amides is 3. The van der Waals surface area contributed by atoms with Crippen molar-refractivity contribution in [1.82, 2.24) is 0 Å². The minimum atomic E-state index is -1.33. The van der Waals surface area contributed by atoms with Crippen molar-refractivity contribution < 1.29 is 29.7 Å². The third-order valence-corrected chi connectivity index (χ3v) is 0. The first kappa shape index (κ1) is 16.4. The zero-order chi connectivity index (χ0) is 10.7. The van der Waals surface area contributed by atoms with Crippen LogP contribution in [-0.4, -0.2) is 33.6 Å². The van der Waals surface area contributed by atoms with Crippen LogP contribution >= 0.6 is 0 Å². The van der Waals surface area contributed by atoms with E-state index in [4.69, 9.17) is 29.7 Å². The first-order chi connectivity index (χ1) is 5.20. The van der Waals surface area contributed by atoms with Crippen LogP contribution in [0.25, 0.3) is 0 Å². The lowest BCUT2D eigenvalue weighted by molar-refractivity contribution is 0.204. The summed E-state index contributed by atoms with van der Waals surface area (Å²) in [6.07, 6.45) is -4.00. The van der Waals surface area contributed by atoms with Gasteiger partial charge in [0.1, 0.15) is 0 Å². The third kappa shape index (κ3) is 75.5. The molecule has 0 rings (SSSR count). The van der Waals surface area contributed by atoms with Gasteiger partial charge < -0.3 is 32.5 Å². The van der Waals surface area contributed by atoms with Crippen LogP contribution in [0.2, 0.25) is 0 Å². The smallest absolute Gasteiger partial charge is 0.402 e. The van der Waals surface area contributed by atoms with E-state index in [1.165, 1.54) is 0 Å². The van der Waals surface area contributed by atoms with E-state index in [1.807, 2.05) is 0 Å². The fourth-order valence-electron chi connectivity index (χ4n) is 0. The second-order valence-corrected chi connectivity index (χ2v) is 1.01. The van der Waals surface area contributed by atoms with Crippen LogP contribution in [0.5, 0.6) is 0 Å². The van der Waals surface area contributed by atoms with Gasteiger partial charge in [0.05, 0.1) is 0 Å². The molecule has 0 fully saturated rings.